The standard InChI is InChI=1S/C19H13Cl2F2NO/c20-17-8-12(5-14-6-15(22)9-16(23)7-14)1-3-18(17)25-11-13-2-4-19(21)24-10-13/h1-4,6-10H,5,11H2. The molecule has 0 saturated carbocycles. The largest absolute Gasteiger partial charge is 0.487 e. The number of hydrogen-bond donors (Lipinski definition) is 0. The lowest BCUT2D eigenvalue weighted by atomic mass is 10.0. The summed E-state index contributed by atoms with van der Waals surface area (Å²) in [6.45, 7) is 0.304. The number of benzene rings is 2. The van der Waals surface area contributed by atoms with Gasteiger partial charge in [-0.25, -0.2) is 13.8 Å². The van der Waals surface area contributed by atoms with Crippen LogP contribution in [0.25, 0.3) is 0 Å². The first-order chi connectivity index (χ1) is 12.0. The molecule has 0 N–H and O–H groups in total. The fourth-order valence-corrected chi connectivity index (χ4v) is 2.74. The Kier molecular flexibility index (Phi) is 5.51. The quantitative estimate of drug-likeness (QED) is 0.519. The number of ether oxygens (including phenoxy) is 1. The van der Waals surface area contributed by atoms with E-state index in [1.165, 1.54) is 12.1 Å². The molecular formula is C19H13Cl2F2NO. The minimum atomic E-state index is -0.599. The van der Waals surface area contributed by atoms with Crippen molar-refractivity contribution in [1.29, 1.82) is 0 Å². The van der Waals surface area contributed by atoms with Gasteiger partial charge >= 0.3 is 0 Å². The van der Waals surface area contributed by atoms with E-state index in [0.717, 1.165) is 17.2 Å². The van der Waals surface area contributed by atoms with Crippen molar-refractivity contribution in [1.82, 2.24) is 4.98 Å². The zero-order chi connectivity index (χ0) is 17.8. The molecular weight excluding hydrogens is 367 g/mol. The molecule has 25 heavy (non-hydrogen) atoms. The fraction of sp³-hybridized carbons (Fsp3) is 0.105. The Balaban J connectivity index is 1.68. The molecule has 0 saturated heterocycles. The van der Waals surface area contributed by atoms with Crippen LogP contribution in [-0.2, 0) is 13.0 Å². The van der Waals surface area contributed by atoms with E-state index in [-0.39, 0.29) is 0 Å². The third kappa shape index (κ3) is 4.91. The van der Waals surface area contributed by atoms with Crippen LogP contribution in [0, 0.1) is 11.6 Å². The smallest absolute Gasteiger partial charge is 0.138 e. The van der Waals surface area contributed by atoms with Crippen LogP contribution in [0.1, 0.15) is 16.7 Å². The first-order valence-corrected chi connectivity index (χ1v) is 8.22. The molecule has 0 amide bonds. The number of rotatable bonds is 5. The van der Waals surface area contributed by atoms with E-state index in [4.69, 9.17) is 27.9 Å². The summed E-state index contributed by atoms with van der Waals surface area (Å²) < 4.78 is 32.2. The lowest BCUT2D eigenvalue weighted by molar-refractivity contribution is 0.306. The van der Waals surface area contributed by atoms with Crippen molar-refractivity contribution in [3.8, 4) is 5.75 Å². The zero-order valence-corrected chi connectivity index (χ0v) is 14.5. The van der Waals surface area contributed by atoms with Gasteiger partial charge in [-0.2, -0.15) is 0 Å². The first kappa shape index (κ1) is 17.6. The van der Waals surface area contributed by atoms with Crippen molar-refractivity contribution in [2.75, 3.05) is 0 Å². The molecule has 0 atom stereocenters. The monoisotopic (exact) mass is 379 g/mol. The molecule has 128 valence electrons. The predicted octanol–water partition coefficient (Wildman–Crippen LogP) is 5.84. The van der Waals surface area contributed by atoms with Gasteiger partial charge in [0.1, 0.15) is 29.1 Å². The lowest BCUT2D eigenvalue weighted by Gasteiger charge is -2.10. The van der Waals surface area contributed by atoms with Crippen molar-refractivity contribution in [2.45, 2.75) is 13.0 Å². The highest BCUT2D eigenvalue weighted by Gasteiger charge is 2.07. The average Bonchev–Trinajstić information content (AvgIpc) is 2.55. The molecule has 0 aliphatic heterocycles. The molecule has 0 bridgehead atoms. The Morgan fingerprint density at radius 3 is 2.20 bits per heavy atom. The highest BCUT2D eigenvalue weighted by atomic mass is 35.5. The Hall–Kier alpha value is -2.17. The highest BCUT2D eigenvalue weighted by molar-refractivity contribution is 6.32. The maximum Gasteiger partial charge on any atom is 0.138 e. The second kappa shape index (κ2) is 7.81. The Labute approximate surface area is 154 Å². The van der Waals surface area contributed by atoms with Crippen LogP contribution in [0.3, 0.4) is 0 Å². The number of hydrogen-bond acceptors (Lipinski definition) is 2. The number of aromatic nitrogens is 1. The third-order valence-corrected chi connectivity index (χ3v) is 4.03. The van der Waals surface area contributed by atoms with E-state index >= 15 is 0 Å². The summed E-state index contributed by atoms with van der Waals surface area (Å²) in [5.41, 5.74) is 2.23. The van der Waals surface area contributed by atoms with Crippen LogP contribution in [0.4, 0.5) is 8.78 Å². The summed E-state index contributed by atoms with van der Waals surface area (Å²) in [6, 6.07) is 12.2. The molecule has 0 aliphatic carbocycles. The maximum atomic E-state index is 13.3. The lowest BCUT2D eigenvalue weighted by Crippen LogP contribution is -1.97. The molecule has 0 unspecified atom stereocenters. The minimum absolute atomic E-state index is 0.304. The predicted molar refractivity (Wildman–Crippen MR) is 94.2 cm³/mol. The van der Waals surface area contributed by atoms with E-state index in [9.17, 15) is 8.78 Å². The van der Waals surface area contributed by atoms with Crippen molar-refractivity contribution < 1.29 is 13.5 Å². The molecule has 2 aromatic carbocycles. The summed E-state index contributed by atoms with van der Waals surface area (Å²) in [5, 5.41) is 0.844. The highest BCUT2D eigenvalue weighted by Crippen LogP contribution is 2.27. The maximum absolute atomic E-state index is 13.3. The number of nitrogens with zero attached hydrogens (tertiary/aromatic N) is 1. The van der Waals surface area contributed by atoms with Crippen LogP contribution in [0.15, 0.2) is 54.7 Å². The molecule has 1 aromatic heterocycles. The number of pyridine rings is 1. The zero-order valence-electron chi connectivity index (χ0n) is 13.0. The number of halogens is 4. The molecule has 2 nitrogen and oxygen atoms in total. The summed E-state index contributed by atoms with van der Waals surface area (Å²) in [4.78, 5) is 3.98. The van der Waals surface area contributed by atoms with Crippen LogP contribution >= 0.6 is 23.2 Å². The summed E-state index contributed by atoms with van der Waals surface area (Å²) >= 11 is 12.0. The summed E-state index contributed by atoms with van der Waals surface area (Å²) in [5.74, 6) is -0.680. The van der Waals surface area contributed by atoms with Crippen molar-refractivity contribution in [3.05, 3.63) is 93.2 Å². The molecule has 0 fully saturated rings. The summed E-state index contributed by atoms with van der Waals surface area (Å²) in [6.07, 6.45) is 2.00. The van der Waals surface area contributed by atoms with E-state index < -0.39 is 11.6 Å². The van der Waals surface area contributed by atoms with Gasteiger partial charge in [-0.1, -0.05) is 35.3 Å². The van der Waals surface area contributed by atoms with E-state index in [0.29, 0.717) is 34.5 Å². The van der Waals surface area contributed by atoms with Gasteiger partial charge in [-0.3, -0.25) is 0 Å². The van der Waals surface area contributed by atoms with Gasteiger partial charge in [0.15, 0.2) is 0 Å². The van der Waals surface area contributed by atoms with E-state index in [1.54, 1.807) is 24.4 Å². The van der Waals surface area contributed by atoms with Gasteiger partial charge in [0.25, 0.3) is 0 Å². The topological polar surface area (TPSA) is 22.1 Å². The van der Waals surface area contributed by atoms with Crippen molar-refractivity contribution >= 4 is 23.2 Å². The molecule has 1 heterocycles. The second-order valence-electron chi connectivity index (χ2n) is 5.50. The minimum Gasteiger partial charge on any atom is -0.487 e. The van der Waals surface area contributed by atoms with Crippen LogP contribution in [0.2, 0.25) is 10.2 Å². The molecule has 3 rings (SSSR count). The summed E-state index contributed by atoms with van der Waals surface area (Å²) in [7, 11) is 0. The molecule has 0 aliphatic rings. The van der Waals surface area contributed by atoms with Gasteiger partial charge in [0, 0.05) is 17.8 Å². The van der Waals surface area contributed by atoms with Gasteiger partial charge in [0.2, 0.25) is 0 Å². The Morgan fingerprint density at radius 2 is 1.56 bits per heavy atom. The SMILES string of the molecule is Fc1cc(F)cc(Cc2ccc(OCc3ccc(Cl)nc3)c(Cl)c2)c1. The molecule has 0 radical (unpaired) electrons. The molecule has 3 aromatic rings. The van der Waals surface area contributed by atoms with Crippen LogP contribution < -0.4 is 4.74 Å². The van der Waals surface area contributed by atoms with E-state index in [1.807, 2.05) is 12.1 Å². The van der Waals surface area contributed by atoms with Gasteiger partial charge in [-0.05, 0) is 47.9 Å². The second-order valence-corrected chi connectivity index (χ2v) is 6.29. The van der Waals surface area contributed by atoms with Crippen molar-refractivity contribution in [3.63, 3.8) is 0 Å². The van der Waals surface area contributed by atoms with Gasteiger partial charge in [0.05, 0.1) is 5.02 Å². The fourth-order valence-electron chi connectivity index (χ4n) is 2.37. The van der Waals surface area contributed by atoms with Crippen molar-refractivity contribution in [2.24, 2.45) is 0 Å². The first-order valence-electron chi connectivity index (χ1n) is 7.46. The van der Waals surface area contributed by atoms with Gasteiger partial charge < -0.3 is 4.74 Å². The van der Waals surface area contributed by atoms with Crippen LogP contribution in [-0.4, -0.2) is 4.98 Å². The Morgan fingerprint density at radius 1 is 0.840 bits per heavy atom. The Bertz CT molecular complexity index is 865. The van der Waals surface area contributed by atoms with Crippen LogP contribution in [0.5, 0.6) is 5.75 Å². The molecule has 6 heteroatoms. The van der Waals surface area contributed by atoms with E-state index in [2.05, 4.69) is 4.98 Å². The van der Waals surface area contributed by atoms with Gasteiger partial charge in [-0.15, -0.1) is 0 Å². The molecule has 0 spiro atoms. The normalized spacial score (nSPS) is 10.7. The third-order valence-electron chi connectivity index (χ3n) is 3.51. The average molecular weight is 380 g/mol.